The van der Waals surface area contributed by atoms with Crippen molar-refractivity contribution in [2.45, 2.75) is 51.4 Å². The Morgan fingerprint density at radius 1 is 0.528 bits per heavy atom. The molecule has 7 aromatic rings. The summed E-state index contributed by atoms with van der Waals surface area (Å²) in [4.78, 5) is 15.6. The summed E-state index contributed by atoms with van der Waals surface area (Å²) >= 11 is 0. The predicted molar refractivity (Wildman–Crippen MR) is 216 cm³/mol. The van der Waals surface area contributed by atoms with Gasteiger partial charge in [-0.2, -0.15) is 5.26 Å². The van der Waals surface area contributed by atoms with Crippen molar-refractivity contribution in [2.75, 3.05) is 0 Å². The van der Waals surface area contributed by atoms with Crippen molar-refractivity contribution in [3.8, 4) is 62.5 Å². The average Bonchev–Trinajstić information content (AvgIpc) is 3.20. The van der Waals surface area contributed by atoms with Crippen LogP contribution in [0.1, 0.15) is 57.1 Å². The highest BCUT2D eigenvalue weighted by Crippen LogP contribution is 2.54. The summed E-state index contributed by atoms with van der Waals surface area (Å²) < 4.78 is 0. The monoisotopic (exact) mass is 686 g/mol. The van der Waals surface area contributed by atoms with Gasteiger partial charge in [-0.15, -0.1) is 0 Å². The SMILES string of the molecule is C[C@@H]1C[C@@H]2C[C@H](C)CC(c3ccc(-c4nc(-c5cccc(-c6ccccc6)c5)nc(-c5ccc(-c6ccccc6)c6c(C#N)cccc56)n4)cc3)(C1)C2. The van der Waals surface area contributed by atoms with Gasteiger partial charge in [0.1, 0.15) is 0 Å². The Kier molecular flexibility index (Phi) is 8.43. The van der Waals surface area contributed by atoms with Crippen LogP contribution in [0.2, 0.25) is 0 Å². The third kappa shape index (κ3) is 6.21. The maximum atomic E-state index is 10.3. The van der Waals surface area contributed by atoms with Gasteiger partial charge in [-0.05, 0) is 107 Å². The van der Waals surface area contributed by atoms with E-state index in [0.717, 1.165) is 67.5 Å². The number of fused-ring (bicyclic) bond motifs is 3. The molecule has 2 aliphatic carbocycles. The molecule has 53 heavy (non-hydrogen) atoms. The lowest BCUT2D eigenvalue weighted by molar-refractivity contribution is 0.0780. The summed E-state index contributed by atoms with van der Waals surface area (Å²) in [6.07, 6.45) is 6.56. The maximum Gasteiger partial charge on any atom is 0.164 e. The summed E-state index contributed by atoms with van der Waals surface area (Å²) in [5.41, 5.74) is 9.42. The molecule has 0 aliphatic heterocycles. The lowest BCUT2D eigenvalue weighted by Gasteiger charge is -2.50. The number of nitrogens with zero attached hydrogens (tertiary/aromatic N) is 4. The van der Waals surface area contributed by atoms with Crippen molar-refractivity contribution in [3.05, 3.63) is 151 Å². The van der Waals surface area contributed by atoms with Gasteiger partial charge >= 0.3 is 0 Å². The fourth-order valence-electron chi connectivity index (χ4n) is 9.81. The molecule has 258 valence electrons. The second kappa shape index (κ2) is 13.6. The van der Waals surface area contributed by atoms with Gasteiger partial charge in [0.2, 0.25) is 0 Å². The van der Waals surface area contributed by atoms with Crippen LogP contribution < -0.4 is 0 Å². The van der Waals surface area contributed by atoms with Crippen LogP contribution in [-0.2, 0) is 5.41 Å². The summed E-state index contributed by atoms with van der Waals surface area (Å²) in [7, 11) is 0. The Hall–Kier alpha value is -5.92. The molecule has 0 saturated heterocycles. The van der Waals surface area contributed by atoms with Crippen molar-refractivity contribution < 1.29 is 0 Å². The molecule has 2 bridgehead atoms. The van der Waals surface area contributed by atoms with E-state index in [4.69, 9.17) is 15.0 Å². The summed E-state index contributed by atoms with van der Waals surface area (Å²) in [6.45, 7) is 4.89. The van der Waals surface area contributed by atoms with Gasteiger partial charge in [0.15, 0.2) is 17.5 Å². The van der Waals surface area contributed by atoms with E-state index in [1.165, 1.54) is 37.7 Å². The molecule has 1 heterocycles. The third-order valence-corrected chi connectivity index (χ3v) is 11.7. The van der Waals surface area contributed by atoms with Crippen molar-refractivity contribution in [3.63, 3.8) is 0 Å². The van der Waals surface area contributed by atoms with E-state index >= 15 is 0 Å². The van der Waals surface area contributed by atoms with Crippen molar-refractivity contribution in [1.29, 1.82) is 5.26 Å². The van der Waals surface area contributed by atoms with Gasteiger partial charge in [-0.1, -0.05) is 135 Å². The molecule has 0 radical (unpaired) electrons. The first-order valence-electron chi connectivity index (χ1n) is 19.0. The topological polar surface area (TPSA) is 62.5 Å². The Balaban J connectivity index is 1.21. The smallest absolute Gasteiger partial charge is 0.164 e. The third-order valence-electron chi connectivity index (χ3n) is 11.7. The van der Waals surface area contributed by atoms with E-state index < -0.39 is 0 Å². The molecule has 2 fully saturated rings. The predicted octanol–water partition coefficient (Wildman–Crippen LogP) is 12.3. The van der Waals surface area contributed by atoms with Gasteiger partial charge < -0.3 is 0 Å². The molecule has 1 unspecified atom stereocenters. The minimum Gasteiger partial charge on any atom is -0.208 e. The minimum atomic E-state index is 0.254. The molecule has 6 aromatic carbocycles. The fourth-order valence-corrected chi connectivity index (χ4v) is 9.81. The highest BCUT2D eigenvalue weighted by Gasteiger charge is 2.45. The molecule has 1 aromatic heterocycles. The van der Waals surface area contributed by atoms with Crippen LogP contribution in [0, 0.1) is 29.1 Å². The van der Waals surface area contributed by atoms with E-state index in [9.17, 15) is 5.26 Å². The lowest BCUT2D eigenvalue weighted by Crippen LogP contribution is -2.42. The van der Waals surface area contributed by atoms with Crippen LogP contribution in [0.15, 0.2) is 140 Å². The summed E-state index contributed by atoms with van der Waals surface area (Å²) in [5.74, 6) is 4.18. The fraction of sp³-hybridized carbons (Fsp3) is 0.224. The number of nitriles is 1. The van der Waals surface area contributed by atoms with Crippen LogP contribution in [-0.4, -0.2) is 15.0 Å². The highest BCUT2D eigenvalue weighted by atomic mass is 15.0. The molecular formula is C49H42N4. The first-order chi connectivity index (χ1) is 26.0. The first kappa shape index (κ1) is 33.0. The quantitative estimate of drug-likeness (QED) is 0.175. The molecule has 4 atom stereocenters. The molecule has 4 heteroatoms. The lowest BCUT2D eigenvalue weighted by atomic mass is 9.54. The number of hydrogen-bond donors (Lipinski definition) is 0. The largest absolute Gasteiger partial charge is 0.208 e. The van der Waals surface area contributed by atoms with Crippen LogP contribution in [0.4, 0.5) is 0 Å². The van der Waals surface area contributed by atoms with Crippen molar-refractivity contribution >= 4 is 10.8 Å². The Morgan fingerprint density at radius 2 is 1.11 bits per heavy atom. The van der Waals surface area contributed by atoms with Gasteiger partial charge in [0.05, 0.1) is 11.6 Å². The maximum absolute atomic E-state index is 10.3. The van der Waals surface area contributed by atoms with Gasteiger partial charge in [0, 0.05) is 22.1 Å². The molecule has 0 spiro atoms. The standard InChI is InChI=1S/C49H42N4/c1-32-25-34-26-33(2)29-49(28-32,30-34)41-21-19-37(20-22-41)46-51-47(39-16-9-15-38(27-39)35-11-5-3-6-12-35)53-48(52-46)44-24-23-42(36-13-7-4-8-14-36)45-40(31-50)17-10-18-43(44)45/h3-24,27,32-34H,25-26,28-30H2,1-2H3/t32-,33+,34-,49?. The Labute approximate surface area is 312 Å². The van der Waals surface area contributed by atoms with Crippen LogP contribution in [0.3, 0.4) is 0 Å². The number of aromatic nitrogens is 3. The highest BCUT2D eigenvalue weighted by molar-refractivity contribution is 6.07. The molecule has 2 aliphatic rings. The van der Waals surface area contributed by atoms with Crippen molar-refractivity contribution in [1.82, 2.24) is 15.0 Å². The Morgan fingerprint density at radius 3 is 1.81 bits per heavy atom. The molecule has 4 nitrogen and oxygen atoms in total. The summed E-state index contributed by atoms with van der Waals surface area (Å²) in [6, 6.07) is 50.8. The number of benzene rings is 6. The van der Waals surface area contributed by atoms with E-state index in [2.05, 4.69) is 123 Å². The Bertz CT molecular complexity index is 2460. The van der Waals surface area contributed by atoms with E-state index in [1.54, 1.807) is 0 Å². The molecule has 2 saturated carbocycles. The second-order valence-corrected chi connectivity index (χ2v) is 15.6. The van der Waals surface area contributed by atoms with Gasteiger partial charge in [-0.25, -0.2) is 15.0 Å². The van der Waals surface area contributed by atoms with Gasteiger partial charge in [0.25, 0.3) is 0 Å². The second-order valence-electron chi connectivity index (χ2n) is 15.6. The molecular weight excluding hydrogens is 645 g/mol. The summed E-state index contributed by atoms with van der Waals surface area (Å²) in [5, 5.41) is 12.1. The van der Waals surface area contributed by atoms with Crippen LogP contribution in [0.5, 0.6) is 0 Å². The number of hydrogen-bond acceptors (Lipinski definition) is 4. The number of rotatable bonds is 6. The zero-order valence-corrected chi connectivity index (χ0v) is 30.3. The molecule has 9 rings (SSSR count). The normalized spacial score (nSPS) is 20.9. The molecule has 0 N–H and O–H groups in total. The minimum absolute atomic E-state index is 0.254. The van der Waals surface area contributed by atoms with E-state index in [-0.39, 0.29) is 5.41 Å². The van der Waals surface area contributed by atoms with Crippen LogP contribution >= 0.6 is 0 Å². The van der Waals surface area contributed by atoms with Gasteiger partial charge in [-0.3, -0.25) is 0 Å². The zero-order valence-electron chi connectivity index (χ0n) is 30.3. The van der Waals surface area contributed by atoms with Crippen LogP contribution in [0.25, 0.3) is 67.2 Å². The molecule has 0 amide bonds. The van der Waals surface area contributed by atoms with E-state index in [1.807, 2.05) is 36.4 Å². The zero-order chi connectivity index (χ0) is 35.9. The van der Waals surface area contributed by atoms with Crippen molar-refractivity contribution in [2.24, 2.45) is 17.8 Å². The van der Waals surface area contributed by atoms with E-state index in [0.29, 0.717) is 23.0 Å². The first-order valence-corrected chi connectivity index (χ1v) is 19.0. The average molecular weight is 687 g/mol.